The minimum absolute atomic E-state index is 0.435. The van der Waals surface area contributed by atoms with Crippen molar-refractivity contribution in [1.29, 1.82) is 0 Å². The number of benzene rings is 1. The van der Waals surface area contributed by atoms with E-state index in [1.807, 2.05) is 56.7 Å². The number of fused-ring (bicyclic) bond motifs is 1. The topological polar surface area (TPSA) is 61.3 Å². The van der Waals surface area contributed by atoms with Gasteiger partial charge in [-0.3, -0.25) is 0 Å². The van der Waals surface area contributed by atoms with Crippen molar-refractivity contribution in [3.8, 4) is 16.9 Å². The fourth-order valence-corrected chi connectivity index (χ4v) is 4.64. The lowest BCUT2D eigenvalue weighted by molar-refractivity contribution is 0.00578. The van der Waals surface area contributed by atoms with Crippen molar-refractivity contribution >= 4 is 63.6 Å². The zero-order valence-electron chi connectivity index (χ0n) is 16.3. The van der Waals surface area contributed by atoms with E-state index < -0.39 is 18.3 Å². The Balaban J connectivity index is 1.94. The summed E-state index contributed by atoms with van der Waals surface area (Å²) in [6, 6.07) is 3.82. The third-order valence-electron chi connectivity index (χ3n) is 5.55. The standard InChI is InChI=1S/C18H21BClIN3O3P/c1-17(2)18(3,4)27-19(26-17)16-15(10-8-22-24(9-10)28-21)11-6-14(25-5)12(20)7-13(11)23-16/h6-9,23,28H,1-5H3. The van der Waals surface area contributed by atoms with Gasteiger partial charge in [0.2, 0.25) is 0 Å². The lowest BCUT2D eigenvalue weighted by Crippen LogP contribution is -2.41. The van der Waals surface area contributed by atoms with Crippen LogP contribution >= 0.6 is 40.0 Å². The summed E-state index contributed by atoms with van der Waals surface area (Å²) in [6.45, 7) is 8.18. The summed E-state index contributed by atoms with van der Waals surface area (Å²) in [5.41, 5.74) is 2.86. The fraction of sp³-hybridized carbons (Fsp3) is 0.389. The van der Waals surface area contributed by atoms with E-state index >= 15 is 0 Å². The van der Waals surface area contributed by atoms with Gasteiger partial charge in [-0.15, -0.1) is 0 Å². The van der Waals surface area contributed by atoms with Crippen LogP contribution in [0.1, 0.15) is 27.7 Å². The smallest absolute Gasteiger partial charge is 0.495 e. The van der Waals surface area contributed by atoms with Gasteiger partial charge in [0.25, 0.3) is 0 Å². The molecule has 1 aliphatic heterocycles. The third kappa shape index (κ3) is 3.27. The summed E-state index contributed by atoms with van der Waals surface area (Å²) in [5.74, 6) is 0.623. The van der Waals surface area contributed by atoms with Gasteiger partial charge in [-0.25, -0.2) is 4.45 Å². The molecule has 28 heavy (non-hydrogen) atoms. The van der Waals surface area contributed by atoms with Crippen LogP contribution in [0, 0.1) is 0 Å². The molecule has 0 bridgehead atoms. The second kappa shape index (κ2) is 7.16. The number of H-pyrrole nitrogens is 1. The molecule has 3 aromatic rings. The molecule has 1 aliphatic rings. The molecule has 0 radical (unpaired) electrons. The molecule has 2 aromatic heterocycles. The number of ether oxygens (including phenoxy) is 1. The van der Waals surface area contributed by atoms with Crippen LogP contribution in [0.2, 0.25) is 5.02 Å². The molecule has 1 fully saturated rings. The quantitative estimate of drug-likeness (QED) is 0.299. The zero-order chi connectivity index (χ0) is 20.3. The van der Waals surface area contributed by atoms with Crippen molar-refractivity contribution in [1.82, 2.24) is 14.5 Å². The summed E-state index contributed by atoms with van der Waals surface area (Å²) in [7, 11) is 1.09. The van der Waals surface area contributed by atoms with Crippen molar-refractivity contribution in [3.05, 3.63) is 29.5 Å². The molecule has 1 aromatic carbocycles. The Morgan fingerprint density at radius 2 is 1.93 bits per heavy atom. The summed E-state index contributed by atoms with van der Waals surface area (Å²) in [5, 5.41) is 5.99. The first-order chi connectivity index (χ1) is 13.2. The molecule has 148 valence electrons. The predicted octanol–water partition coefficient (Wildman–Crippen LogP) is 4.78. The predicted molar refractivity (Wildman–Crippen MR) is 125 cm³/mol. The highest BCUT2D eigenvalue weighted by Gasteiger charge is 2.53. The molecule has 3 heterocycles. The maximum Gasteiger partial charge on any atom is 0.512 e. The summed E-state index contributed by atoms with van der Waals surface area (Å²) >= 11 is 8.67. The molecule has 6 nitrogen and oxygen atoms in total. The summed E-state index contributed by atoms with van der Waals surface area (Å²) in [6.07, 6.45) is 4.42. The van der Waals surface area contributed by atoms with Gasteiger partial charge >= 0.3 is 7.12 Å². The number of halogens is 2. The van der Waals surface area contributed by atoms with E-state index in [1.165, 1.54) is 0 Å². The molecule has 1 N–H and O–H groups in total. The molecular formula is C18H21BClIN3O3P. The summed E-state index contributed by atoms with van der Waals surface area (Å²) < 4.78 is 20.0. The highest BCUT2D eigenvalue weighted by Crippen LogP contribution is 2.40. The molecule has 0 saturated carbocycles. The molecule has 0 amide bonds. The Morgan fingerprint density at radius 3 is 2.50 bits per heavy atom. The number of rotatable bonds is 4. The van der Waals surface area contributed by atoms with Crippen LogP contribution in [0.3, 0.4) is 0 Å². The Kier molecular flexibility index (Phi) is 5.24. The SMILES string of the molecule is COc1cc2c(-c3cnn(PI)c3)c(B3OC(C)(C)C(C)(C)O3)[nH]c2cc1Cl. The number of aromatic nitrogens is 3. The number of methoxy groups -OCH3 is 1. The van der Waals surface area contributed by atoms with Crippen LogP contribution in [-0.2, 0) is 9.31 Å². The molecule has 4 rings (SSSR count). The molecule has 1 saturated heterocycles. The first-order valence-electron chi connectivity index (χ1n) is 8.83. The normalized spacial score (nSPS) is 18.6. The van der Waals surface area contributed by atoms with Gasteiger partial charge in [-0.05, 0) is 61.9 Å². The van der Waals surface area contributed by atoms with Gasteiger partial charge in [0.1, 0.15) is 5.75 Å². The van der Waals surface area contributed by atoms with E-state index in [0.717, 1.165) is 27.6 Å². The van der Waals surface area contributed by atoms with Crippen molar-refractivity contribution in [2.24, 2.45) is 0 Å². The number of aromatic amines is 1. The third-order valence-corrected chi connectivity index (χ3v) is 7.74. The first kappa shape index (κ1) is 20.5. The van der Waals surface area contributed by atoms with Gasteiger partial charge in [0.15, 0.2) is 0 Å². The van der Waals surface area contributed by atoms with E-state index in [0.29, 0.717) is 17.1 Å². The monoisotopic (exact) mass is 531 g/mol. The second-order valence-electron chi connectivity index (χ2n) is 7.79. The first-order valence-corrected chi connectivity index (χ1v) is 13.3. The highest BCUT2D eigenvalue weighted by atomic mass is 127. The van der Waals surface area contributed by atoms with E-state index in [9.17, 15) is 0 Å². The second-order valence-corrected chi connectivity index (χ2v) is 10.3. The van der Waals surface area contributed by atoms with Crippen LogP contribution < -0.4 is 10.3 Å². The van der Waals surface area contributed by atoms with Crippen LogP contribution in [0.4, 0.5) is 0 Å². The largest absolute Gasteiger partial charge is 0.512 e. The Labute approximate surface area is 184 Å². The van der Waals surface area contributed by atoms with Crippen LogP contribution in [0.25, 0.3) is 22.0 Å². The van der Waals surface area contributed by atoms with Crippen molar-refractivity contribution < 1.29 is 14.0 Å². The fourth-order valence-electron chi connectivity index (χ4n) is 3.32. The Morgan fingerprint density at radius 1 is 1.25 bits per heavy atom. The minimum atomic E-state index is -0.525. The molecular weight excluding hydrogens is 510 g/mol. The number of hydrogen-bond acceptors (Lipinski definition) is 4. The van der Waals surface area contributed by atoms with Crippen LogP contribution in [0.15, 0.2) is 24.5 Å². The number of nitrogens with zero attached hydrogens (tertiary/aromatic N) is 2. The number of hydrogen-bond donors (Lipinski definition) is 1. The summed E-state index contributed by atoms with van der Waals surface area (Å²) in [4.78, 5) is 3.47. The lowest BCUT2D eigenvalue weighted by Gasteiger charge is -2.32. The molecule has 0 spiro atoms. The maximum atomic E-state index is 6.36. The average Bonchev–Trinajstić information content (AvgIpc) is 3.28. The Hall–Kier alpha value is -0.795. The van der Waals surface area contributed by atoms with Crippen molar-refractivity contribution in [2.75, 3.05) is 7.11 Å². The van der Waals surface area contributed by atoms with E-state index in [2.05, 4.69) is 32.1 Å². The zero-order valence-corrected chi connectivity index (χ0v) is 20.2. The average molecular weight is 532 g/mol. The molecule has 10 heteroatoms. The van der Waals surface area contributed by atoms with Crippen LogP contribution in [-0.4, -0.2) is 40.0 Å². The minimum Gasteiger partial charge on any atom is -0.495 e. The molecule has 1 atom stereocenters. The van der Waals surface area contributed by atoms with Gasteiger partial charge in [0.05, 0.1) is 41.5 Å². The van der Waals surface area contributed by atoms with Gasteiger partial charge < -0.3 is 19.0 Å². The van der Waals surface area contributed by atoms with Gasteiger partial charge in [0, 0.05) is 28.2 Å². The van der Waals surface area contributed by atoms with E-state index in [4.69, 9.17) is 25.6 Å². The van der Waals surface area contributed by atoms with Gasteiger partial charge in [-0.2, -0.15) is 5.10 Å². The van der Waals surface area contributed by atoms with Crippen LogP contribution in [0.5, 0.6) is 5.75 Å². The van der Waals surface area contributed by atoms with Crippen molar-refractivity contribution in [3.63, 3.8) is 0 Å². The maximum absolute atomic E-state index is 6.36. The van der Waals surface area contributed by atoms with E-state index in [-0.39, 0.29) is 0 Å². The molecule has 0 aliphatic carbocycles. The van der Waals surface area contributed by atoms with Gasteiger partial charge in [-0.1, -0.05) is 11.6 Å². The van der Waals surface area contributed by atoms with E-state index in [1.54, 1.807) is 7.11 Å². The molecule has 1 unspecified atom stereocenters. The Bertz CT molecular complexity index is 1040. The highest BCUT2D eigenvalue weighted by molar-refractivity contribution is 14.2. The van der Waals surface area contributed by atoms with Crippen molar-refractivity contribution in [2.45, 2.75) is 38.9 Å². The number of nitrogens with one attached hydrogen (secondary N) is 1. The lowest BCUT2D eigenvalue weighted by atomic mass is 9.80.